The third kappa shape index (κ3) is 2.66. The van der Waals surface area contributed by atoms with Gasteiger partial charge in [0.15, 0.2) is 5.65 Å². The molecule has 9 heteroatoms. The van der Waals surface area contributed by atoms with Crippen LogP contribution in [0.25, 0.3) is 5.65 Å². The molecular weight excluding hydrogens is 328 g/mol. The lowest BCUT2D eigenvalue weighted by Gasteiger charge is -2.01. The summed E-state index contributed by atoms with van der Waals surface area (Å²) in [6.45, 7) is 0. The number of rotatable bonds is 3. The van der Waals surface area contributed by atoms with Crippen molar-refractivity contribution in [3.63, 3.8) is 0 Å². The molecule has 0 aliphatic heterocycles. The van der Waals surface area contributed by atoms with Crippen LogP contribution in [0.2, 0.25) is 5.15 Å². The van der Waals surface area contributed by atoms with Gasteiger partial charge in [0.1, 0.15) is 15.6 Å². The van der Waals surface area contributed by atoms with E-state index in [1.165, 1.54) is 29.2 Å². The van der Waals surface area contributed by atoms with Crippen molar-refractivity contribution >= 4 is 46.1 Å². The van der Waals surface area contributed by atoms with Gasteiger partial charge in [-0.2, -0.15) is 5.10 Å². The van der Waals surface area contributed by atoms with Gasteiger partial charge >= 0.3 is 5.97 Å². The molecule has 0 fully saturated rings. The Morgan fingerprint density at radius 1 is 1.45 bits per heavy atom. The van der Waals surface area contributed by atoms with Crippen LogP contribution in [0.5, 0.6) is 0 Å². The Hall–Kier alpha value is -2.45. The molecule has 22 heavy (non-hydrogen) atoms. The fourth-order valence-electron chi connectivity index (χ4n) is 1.81. The number of ether oxygens (including phenoxy) is 1. The number of esters is 1. The molecule has 3 rings (SSSR count). The zero-order chi connectivity index (χ0) is 15.7. The summed E-state index contributed by atoms with van der Waals surface area (Å²) in [7, 11) is 1.30. The van der Waals surface area contributed by atoms with E-state index in [1.54, 1.807) is 23.7 Å². The van der Waals surface area contributed by atoms with Crippen molar-refractivity contribution < 1.29 is 14.3 Å². The highest BCUT2D eigenvalue weighted by molar-refractivity contribution is 7.12. The first-order chi connectivity index (χ1) is 10.6. The number of thiophene rings is 1. The Morgan fingerprint density at radius 3 is 3.05 bits per heavy atom. The van der Waals surface area contributed by atoms with E-state index in [9.17, 15) is 9.59 Å². The van der Waals surface area contributed by atoms with Crippen molar-refractivity contribution in [2.24, 2.45) is 0 Å². The number of halogens is 1. The van der Waals surface area contributed by atoms with E-state index in [2.05, 4.69) is 20.1 Å². The molecule has 1 N–H and O–H groups in total. The molecular formula is C13H9ClN4O3S. The smallest absolute Gasteiger partial charge is 0.348 e. The van der Waals surface area contributed by atoms with Crippen LogP contribution in [0.1, 0.15) is 20.0 Å². The summed E-state index contributed by atoms with van der Waals surface area (Å²) >= 11 is 7.01. The van der Waals surface area contributed by atoms with Crippen molar-refractivity contribution in [1.82, 2.24) is 14.6 Å². The second-order valence-corrected chi connectivity index (χ2v) is 5.52. The molecule has 3 aromatic rings. The first-order valence-electron chi connectivity index (χ1n) is 6.06. The van der Waals surface area contributed by atoms with Gasteiger partial charge in [-0.25, -0.2) is 14.3 Å². The predicted octanol–water partition coefficient (Wildman–Crippen LogP) is 2.48. The number of hydrogen-bond donors (Lipinski definition) is 1. The van der Waals surface area contributed by atoms with Crippen LogP contribution < -0.4 is 5.32 Å². The van der Waals surface area contributed by atoms with E-state index in [-0.39, 0.29) is 16.6 Å². The predicted molar refractivity (Wildman–Crippen MR) is 81.6 cm³/mol. The van der Waals surface area contributed by atoms with Crippen LogP contribution in [0, 0.1) is 0 Å². The number of hydrogen-bond acceptors (Lipinski definition) is 6. The van der Waals surface area contributed by atoms with Gasteiger partial charge in [0, 0.05) is 11.6 Å². The molecule has 0 bridgehead atoms. The molecule has 0 unspecified atom stereocenters. The molecule has 0 radical (unpaired) electrons. The van der Waals surface area contributed by atoms with E-state index in [0.717, 1.165) is 0 Å². The average Bonchev–Trinajstić information content (AvgIpc) is 3.12. The second kappa shape index (κ2) is 5.74. The Kier molecular flexibility index (Phi) is 3.78. The normalized spacial score (nSPS) is 10.6. The summed E-state index contributed by atoms with van der Waals surface area (Å²) < 4.78 is 6.07. The highest BCUT2D eigenvalue weighted by atomic mass is 35.5. The number of amides is 1. The van der Waals surface area contributed by atoms with E-state index in [4.69, 9.17) is 11.6 Å². The molecule has 0 spiro atoms. The number of methoxy groups -OCH3 is 1. The number of fused-ring (bicyclic) bond motifs is 1. The topological polar surface area (TPSA) is 85.6 Å². The number of carbonyl (C=O) groups excluding carboxylic acids is 2. The molecule has 0 saturated carbocycles. The van der Waals surface area contributed by atoms with Crippen LogP contribution in [-0.2, 0) is 4.74 Å². The standard InChI is InChI=1S/C13H9ClN4O3S/c1-21-13(20)9-4-7(6-22-9)16-12(19)8-5-15-18-3-2-10(14)17-11(8)18/h2-6H,1H3,(H,16,19). The van der Waals surface area contributed by atoms with E-state index < -0.39 is 5.97 Å². The molecule has 3 heterocycles. The molecule has 3 aromatic heterocycles. The fraction of sp³-hybridized carbons (Fsp3) is 0.0769. The zero-order valence-electron chi connectivity index (χ0n) is 11.2. The van der Waals surface area contributed by atoms with Gasteiger partial charge in [-0.15, -0.1) is 11.3 Å². The van der Waals surface area contributed by atoms with Crippen molar-refractivity contribution in [2.75, 3.05) is 12.4 Å². The first kappa shape index (κ1) is 14.5. The SMILES string of the molecule is COC(=O)c1cc(NC(=O)c2cnn3ccc(Cl)nc23)cs1. The summed E-state index contributed by atoms with van der Waals surface area (Å²) in [5.74, 6) is -0.839. The maximum atomic E-state index is 12.3. The van der Waals surface area contributed by atoms with Gasteiger partial charge in [-0.05, 0) is 12.1 Å². The van der Waals surface area contributed by atoms with Crippen LogP contribution >= 0.6 is 22.9 Å². The minimum atomic E-state index is -0.449. The number of carbonyl (C=O) groups is 2. The third-order valence-electron chi connectivity index (χ3n) is 2.82. The van der Waals surface area contributed by atoms with Crippen molar-refractivity contribution in [1.29, 1.82) is 0 Å². The summed E-state index contributed by atoms with van der Waals surface area (Å²) in [5, 5.41) is 8.63. The maximum Gasteiger partial charge on any atom is 0.348 e. The number of aromatic nitrogens is 3. The summed E-state index contributed by atoms with van der Waals surface area (Å²) in [4.78, 5) is 28.2. The van der Waals surface area contributed by atoms with Gasteiger partial charge in [0.05, 0.1) is 19.0 Å². The van der Waals surface area contributed by atoms with Gasteiger partial charge in [0.2, 0.25) is 0 Å². The fourth-order valence-corrected chi connectivity index (χ4v) is 2.71. The number of nitrogens with one attached hydrogen (secondary N) is 1. The minimum absolute atomic E-state index is 0.269. The van der Waals surface area contributed by atoms with Crippen molar-refractivity contribution in [3.05, 3.63) is 45.5 Å². The lowest BCUT2D eigenvalue weighted by atomic mass is 10.3. The van der Waals surface area contributed by atoms with Crippen molar-refractivity contribution in [3.8, 4) is 0 Å². The molecule has 1 amide bonds. The van der Waals surface area contributed by atoms with Gasteiger partial charge in [-0.3, -0.25) is 4.79 Å². The van der Waals surface area contributed by atoms with E-state index in [0.29, 0.717) is 16.2 Å². The zero-order valence-corrected chi connectivity index (χ0v) is 12.8. The van der Waals surface area contributed by atoms with Crippen LogP contribution in [0.3, 0.4) is 0 Å². The van der Waals surface area contributed by atoms with Gasteiger partial charge in [-0.1, -0.05) is 11.6 Å². The molecule has 112 valence electrons. The Balaban J connectivity index is 1.85. The summed E-state index contributed by atoms with van der Waals surface area (Å²) in [5.41, 5.74) is 1.14. The molecule has 0 aliphatic rings. The van der Waals surface area contributed by atoms with E-state index >= 15 is 0 Å². The molecule has 0 saturated heterocycles. The van der Waals surface area contributed by atoms with Crippen molar-refractivity contribution in [2.45, 2.75) is 0 Å². The molecule has 0 aromatic carbocycles. The monoisotopic (exact) mass is 336 g/mol. The lowest BCUT2D eigenvalue weighted by molar-refractivity contribution is 0.0606. The minimum Gasteiger partial charge on any atom is -0.465 e. The lowest BCUT2D eigenvalue weighted by Crippen LogP contribution is -2.11. The van der Waals surface area contributed by atoms with E-state index in [1.807, 2.05) is 0 Å². The summed E-state index contributed by atoms with van der Waals surface area (Å²) in [6.07, 6.45) is 3.02. The van der Waals surface area contributed by atoms with Crippen LogP contribution in [-0.4, -0.2) is 33.6 Å². The molecule has 7 nitrogen and oxygen atoms in total. The maximum absolute atomic E-state index is 12.3. The summed E-state index contributed by atoms with van der Waals surface area (Å²) in [6, 6.07) is 3.12. The van der Waals surface area contributed by atoms with Gasteiger partial charge in [0.25, 0.3) is 5.91 Å². The Bertz CT molecular complexity index is 873. The third-order valence-corrected chi connectivity index (χ3v) is 3.94. The Labute approximate surface area is 133 Å². The highest BCUT2D eigenvalue weighted by Crippen LogP contribution is 2.21. The highest BCUT2D eigenvalue weighted by Gasteiger charge is 2.16. The number of anilines is 1. The second-order valence-electron chi connectivity index (χ2n) is 4.22. The van der Waals surface area contributed by atoms with Crippen LogP contribution in [0.4, 0.5) is 5.69 Å². The Morgan fingerprint density at radius 2 is 2.27 bits per heavy atom. The largest absolute Gasteiger partial charge is 0.465 e. The quantitative estimate of drug-likeness (QED) is 0.586. The van der Waals surface area contributed by atoms with Crippen LogP contribution in [0.15, 0.2) is 29.9 Å². The molecule has 0 atom stereocenters. The van der Waals surface area contributed by atoms with Gasteiger partial charge < -0.3 is 10.1 Å². The molecule has 0 aliphatic carbocycles. The first-order valence-corrected chi connectivity index (χ1v) is 7.32. The number of nitrogens with zero attached hydrogens (tertiary/aromatic N) is 3. The average molecular weight is 337 g/mol.